The van der Waals surface area contributed by atoms with Crippen LogP contribution < -0.4 is 5.32 Å². The van der Waals surface area contributed by atoms with Crippen molar-refractivity contribution < 1.29 is 14.6 Å². The lowest BCUT2D eigenvalue weighted by Gasteiger charge is -2.07. The Kier molecular flexibility index (Phi) is 7.63. The molecule has 0 fully saturated rings. The first-order chi connectivity index (χ1) is 6.20. The lowest BCUT2D eigenvalue weighted by molar-refractivity contribution is -0.124. The van der Waals surface area contributed by atoms with Gasteiger partial charge in [-0.2, -0.15) is 0 Å². The molecule has 0 saturated heterocycles. The summed E-state index contributed by atoms with van der Waals surface area (Å²) in [5, 5.41) is 11.4. The summed E-state index contributed by atoms with van der Waals surface area (Å²) in [4.78, 5) is 10.9. The standard InChI is InChI=1S/C9H19NO3/c1-8(6-11)4-3-5-10-9(12)7-13-2/h8,11H,3-7H2,1-2H3,(H,10,12). The second-order valence-corrected chi connectivity index (χ2v) is 3.21. The van der Waals surface area contributed by atoms with Crippen molar-refractivity contribution in [3.8, 4) is 0 Å². The van der Waals surface area contributed by atoms with E-state index < -0.39 is 0 Å². The zero-order valence-corrected chi connectivity index (χ0v) is 8.38. The van der Waals surface area contributed by atoms with E-state index >= 15 is 0 Å². The summed E-state index contributed by atoms with van der Waals surface area (Å²) in [6, 6.07) is 0. The predicted octanol–water partition coefficient (Wildman–Crippen LogP) is 0.158. The maximum Gasteiger partial charge on any atom is 0.245 e. The third kappa shape index (κ3) is 7.74. The Balaban J connectivity index is 3.20. The number of aliphatic hydroxyl groups excluding tert-OH is 1. The molecule has 0 rings (SSSR count). The first-order valence-electron chi connectivity index (χ1n) is 4.57. The Bertz CT molecular complexity index is 139. The first-order valence-corrected chi connectivity index (χ1v) is 4.57. The van der Waals surface area contributed by atoms with Crippen LogP contribution in [0.25, 0.3) is 0 Å². The number of nitrogens with one attached hydrogen (secondary N) is 1. The van der Waals surface area contributed by atoms with Crippen LogP contribution in [-0.4, -0.2) is 37.9 Å². The van der Waals surface area contributed by atoms with Gasteiger partial charge in [0, 0.05) is 20.3 Å². The highest BCUT2D eigenvalue weighted by atomic mass is 16.5. The fourth-order valence-corrected chi connectivity index (χ4v) is 0.952. The van der Waals surface area contributed by atoms with Crippen LogP contribution in [0.5, 0.6) is 0 Å². The molecular formula is C9H19NO3. The van der Waals surface area contributed by atoms with Crippen LogP contribution in [0.4, 0.5) is 0 Å². The summed E-state index contributed by atoms with van der Waals surface area (Å²) in [5.74, 6) is 0.235. The van der Waals surface area contributed by atoms with Crippen LogP contribution in [0, 0.1) is 5.92 Å². The molecule has 2 N–H and O–H groups in total. The zero-order chi connectivity index (χ0) is 10.1. The largest absolute Gasteiger partial charge is 0.396 e. The molecule has 0 aliphatic heterocycles. The van der Waals surface area contributed by atoms with Crippen molar-refractivity contribution in [3.05, 3.63) is 0 Å². The lowest BCUT2D eigenvalue weighted by atomic mass is 10.1. The molecule has 0 radical (unpaired) electrons. The molecule has 1 amide bonds. The second kappa shape index (κ2) is 8.01. The number of carbonyl (C=O) groups is 1. The van der Waals surface area contributed by atoms with Gasteiger partial charge in [0.1, 0.15) is 6.61 Å². The summed E-state index contributed by atoms with van der Waals surface area (Å²) in [5.41, 5.74) is 0. The quantitative estimate of drug-likeness (QED) is 0.561. The molecule has 0 aromatic rings. The normalized spacial score (nSPS) is 12.5. The van der Waals surface area contributed by atoms with Gasteiger partial charge < -0.3 is 15.2 Å². The average Bonchev–Trinajstić information content (AvgIpc) is 2.12. The molecule has 0 aliphatic carbocycles. The third-order valence-corrected chi connectivity index (χ3v) is 1.78. The van der Waals surface area contributed by atoms with Crippen LogP contribution in [0.3, 0.4) is 0 Å². The van der Waals surface area contributed by atoms with Gasteiger partial charge in [0.15, 0.2) is 0 Å². The monoisotopic (exact) mass is 189 g/mol. The van der Waals surface area contributed by atoms with E-state index in [0.717, 1.165) is 12.8 Å². The summed E-state index contributed by atoms with van der Waals surface area (Å²) in [6.45, 7) is 2.98. The first kappa shape index (κ1) is 12.4. The molecular weight excluding hydrogens is 170 g/mol. The predicted molar refractivity (Wildman–Crippen MR) is 50.4 cm³/mol. The molecule has 0 heterocycles. The van der Waals surface area contributed by atoms with Crippen molar-refractivity contribution in [2.45, 2.75) is 19.8 Å². The molecule has 4 nitrogen and oxygen atoms in total. The fraction of sp³-hybridized carbons (Fsp3) is 0.889. The highest BCUT2D eigenvalue weighted by molar-refractivity contribution is 5.77. The van der Waals surface area contributed by atoms with Crippen LogP contribution in [-0.2, 0) is 9.53 Å². The zero-order valence-electron chi connectivity index (χ0n) is 8.38. The Labute approximate surface area is 79.3 Å². The SMILES string of the molecule is COCC(=O)NCCCC(C)CO. The number of ether oxygens (including phenoxy) is 1. The molecule has 4 heteroatoms. The number of hydrogen-bond acceptors (Lipinski definition) is 3. The van der Waals surface area contributed by atoms with Gasteiger partial charge in [-0.3, -0.25) is 4.79 Å². The summed E-state index contributed by atoms with van der Waals surface area (Å²) >= 11 is 0. The van der Waals surface area contributed by atoms with Crippen LogP contribution in [0.2, 0.25) is 0 Å². The maximum absolute atomic E-state index is 10.9. The topological polar surface area (TPSA) is 58.6 Å². The number of carbonyl (C=O) groups excluding carboxylic acids is 1. The molecule has 0 aromatic carbocycles. The number of amides is 1. The van der Waals surface area contributed by atoms with Crippen LogP contribution in [0.15, 0.2) is 0 Å². The molecule has 1 unspecified atom stereocenters. The number of aliphatic hydroxyl groups is 1. The van der Waals surface area contributed by atoms with E-state index in [1.54, 1.807) is 0 Å². The van der Waals surface area contributed by atoms with Gasteiger partial charge >= 0.3 is 0 Å². The number of methoxy groups -OCH3 is 1. The molecule has 1 atom stereocenters. The van der Waals surface area contributed by atoms with Gasteiger partial charge in [-0.15, -0.1) is 0 Å². The average molecular weight is 189 g/mol. The molecule has 0 aliphatic rings. The minimum atomic E-state index is -0.0841. The van der Waals surface area contributed by atoms with Crippen molar-refractivity contribution in [2.75, 3.05) is 26.9 Å². The van der Waals surface area contributed by atoms with E-state index in [0.29, 0.717) is 12.5 Å². The smallest absolute Gasteiger partial charge is 0.245 e. The van der Waals surface area contributed by atoms with Crippen LogP contribution in [0.1, 0.15) is 19.8 Å². The highest BCUT2D eigenvalue weighted by Crippen LogP contribution is 2.02. The van der Waals surface area contributed by atoms with Crippen LogP contribution >= 0.6 is 0 Å². The fourth-order valence-electron chi connectivity index (χ4n) is 0.952. The van der Waals surface area contributed by atoms with E-state index in [9.17, 15) is 4.79 Å². The highest BCUT2D eigenvalue weighted by Gasteiger charge is 2.01. The molecule has 0 spiro atoms. The molecule has 0 bridgehead atoms. The summed E-state index contributed by atoms with van der Waals surface area (Å²) in [7, 11) is 1.49. The molecule has 13 heavy (non-hydrogen) atoms. The Hall–Kier alpha value is -0.610. The van der Waals surface area contributed by atoms with Crippen molar-refractivity contribution in [1.82, 2.24) is 5.32 Å². The summed E-state index contributed by atoms with van der Waals surface area (Å²) in [6.07, 6.45) is 1.83. The van der Waals surface area contributed by atoms with Gasteiger partial charge in [0.2, 0.25) is 5.91 Å². The van der Waals surface area contributed by atoms with E-state index in [-0.39, 0.29) is 19.1 Å². The second-order valence-electron chi connectivity index (χ2n) is 3.21. The van der Waals surface area contributed by atoms with Crippen molar-refractivity contribution >= 4 is 5.91 Å². The van der Waals surface area contributed by atoms with Crippen molar-refractivity contribution in [2.24, 2.45) is 5.92 Å². The third-order valence-electron chi connectivity index (χ3n) is 1.78. The summed E-state index contributed by atoms with van der Waals surface area (Å²) < 4.78 is 4.65. The maximum atomic E-state index is 10.9. The molecule has 0 saturated carbocycles. The molecule has 0 aromatic heterocycles. The van der Waals surface area contributed by atoms with E-state index in [2.05, 4.69) is 10.1 Å². The molecule has 78 valence electrons. The minimum Gasteiger partial charge on any atom is -0.396 e. The van der Waals surface area contributed by atoms with Gasteiger partial charge in [0.05, 0.1) is 0 Å². The van der Waals surface area contributed by atoms with Gasteiger partial charge in [-0.1, -0.05) is 6.92 Å². The Morgan fingerprint density at radius 2 is 2.31 bits per heavy atom. The Morgan fingerprint density at radius 1 is 1.62 bits per heavy atom. The Morgan fingerprint density at radius 3 is 2.85 bits per heavy atom. The van der Waals surface area contributed by atoms with E-state index in [4.69, 9.17) is 5.11 Å². The van der Waals surface area contributed by atoms with Gasteiger partial charge in [-0.25, -0.2) is 0 Å². The minimum absolute atomic E-state index is 0.0841. The van der Waals surface area contributed by atoms with Gasteiger partial charge in [0.25, 0.3) is 0 Å². The number of hydrogen-bond donors (Lipinski definition) is 2. The lowest BCUT2D eigenvalue weighted by Crippen LogP contribution is -2.28. The van der Waals surface area contributed by atoms with Gasteiger partial charge in [-0.05, 0) is 18.8 Å². The number of rotatable bonds is 7. The van der Waals surface area contributed by atoms with E-state index in [1.807, 2.05) is 6.92 Å². The van der Waals surface area contributed by atoms with Crippen molar-refractivity contribution in [3.63, 3.8) is 0 Å². The van der Waals surface area contributed by atoms with Crippen molar-refractivity contribution in [1.29, 1.82) is 0 Å². The van der Waals surface area contributed by atoms with E-state index in [1.165, 1.54) is 7.11 Å².